The zero-order valence-corrected chi connectivity index (χ0v) is 12.5. The summed E-state index contributed by atoms with van der Waals surface area (Å²) in [6.07, 6.45) is 0.891. The quantitative estimate of drug-likeness (QED) is 0.769. The zero-order valence-electron chi connectivity index (χ0n) is 12.5. The first-order chi connectivity index (χ1) is 11.3. The van der Waals surface area contributed by atoms with Gasteiger partial charge in [-0.2, -0.15) is 4.98 Å². The van der Waals surface area contributed by atoms with Crippen LogP contribution in [-0.2, 0) is 11.3 Å². The molecule has 23 heavy (non-hydrogen) atoms. The Labute approximate surface area is 132 Å². The van der Waals surface area contributed by atoms with Crippen molar-refractivity contribution in [2.24, 2.45) is 0 Å². The first-order valence-corrected chi connectivity index (χ1v) is 7.46. The summed E-state index contributed by atoms with van der Waals surface area (Å²) in [6, 6.07) is 5.57. The lowest BCUT2D eigenvalue weighted by atomic mass is 10.2. The number of rotatable bonds is 4. The lowest BCUT2D eigenvalue weighted by molar-refractivity contribution is -0.119. The van der Waals surface area contributed by atoms with E-state index in [4.69, 9.17) is 14.0 Å². The molecule has 0 saturated carbocycles. The van der Waals surface area contributed by atoms with Crippen molar-refractivity contribution < 1.29 is 18.8 Å². The van der Waals surface area contributed by atoms with Crippen LogP contribution in [0.1, 0.15) is 5.89 Å². The number of hydrogen-bond donors (Lipinski definition) is 0. The molecule has 4 rings (SSSR count). The van der Waals surface area contributed by atoms with Gasteiger partial charge in [-0.3, -0.25) is 9.69 Å². The van der Waals surface area contributed by atoms with Gasteiger partial charge in [0.25, 0.3) is 0 Å². The summed E-state index contributed by atoms with van der Waals surface area (Å²) in [5, 5.41) is 4.03. The van der Waals surface area contributed by atoms with Gasteiger partial charge in [0.15, 0.2) is 11.5 Å². The van der Waals surface area contributed by atoms with Crippen molar-refractivity contribution in [2.45, 2.75) is 6.54 Å². The van der Waals surface area contributed by atoms with Crippen LogP contribution in [0.2, 0.25) is 0 Å². The molecule has 0 bridgehead atoms. The first-order valence-electron chi connectivity index (χ1n) is 7.46. The Hall–Kier alpha value is -2.61. The molecule has 0 aliphatic carbocycles. The number of piperazine rings is 1. The van der Waals surface area contributed by atoms with Crippen molar-refractivity contribution in [3.8, 4) is 22.9 Å². The zero-order chi connectivity index (χ0) is 15.6. The Balaban J connectivity index is 1.44. The Bertz CT molecular complexity index is 709. The molecule has 2 aliphatic heterocycles. The van der Waals surface area contributed by atoms with E-state index in [1.54, 1.807) is 4.90 Å². The Kier molecular flexibility index (Phi) is 3.58. The van der Waals surface area contributed by atoms with E-state index in [9.17, 15) is 4.79 Å². The van der Waals surface area contributed by atoms with Crippen LogP contribution in [0, 0.1) is 0 Å². The average molecular weight is 316 g/mol. The maximum atomic E-state index is 10.7. The first kappa shape index (κ1) is 14.0. The summed E-state index contributed by atoms with van der Waals surface area (Å²) in [7, 11) is 0. The highest BCUT2D eigenvalue weighted by Gasteiger charge is 2.20. The van der Waals surface area contributed by atoms with Crippen LogP contribution in [0.4, 0.5) is 0 Å². The second-order valence-electron chi connectivity index (χ2n) is 5.50. The van der Waals surface area contributed by atoms with E-state index in [1.165, 1.54) is 0 Å². The van der Waals surface area contributed by atoms with Crippen molar-refractivity contribution in [1.29, 1.82) is 0 Å². The number of carbonyl (C=O) groups is 1. The monoisotopic (exact) mass is 316 g/mol. The fraction of sp³-hybridized carbons (Fsp3) is 0.400. The molecule has 0 N–H and O–H groups in total. The molecule has 1 aromatic carbocycles. The Morgan fingerprint density at radius 1 is 1.13 bits per heavy atom. The lowest BCUT2D eigenvalue weighted by Crippen LogP contribution is -2.45. The molecule has 3 heterocycles. The van der Waals surface area contributed by atoms with Gasteiger partial charge in [0.2, 0.25) is 24.9 Å². The van der Waals surface area contributed by atoms with E-state index in [0.29, 0.717) is 24.0 Å². The van der Waals surface area contributed by atoms with E-state index < -0.39 is 0 Å². The third-order valence-electron chi connectivity index (χ3n) is 4.01. The minimum atomic E-state index is 0.239. The standard InChI is InChI=1S/C15H16N4O4/c20-9-19-5-3-18(4-6-19)8-14-16-15(17-23-14)11-1-2-12-13(7-11)22-10-21-12/h1-2,7,9H,3-6,8,10H2. The predicted octanol–water partition coefficient (Wildman–Crippen LogP) is 0.739. The van der Waals surface area contributed by atoms with Gasteiger partial charge in [0.05, 0.1) is 6.54 Å². The van der Waals surface area contributed by atoms with Crippen LogP contribution in [-0.4, -0.2) is 59.3 Å². The van der Waals surface area contributed by atoms with Gasteiger partial charge in [-0.25, -0.2) is 0 Å². The van der Waals surface area contributed by atoms with Crippen LogP contribution < -0.4 is 9.47 Å². The van der Waals surface area contributed by atoms with Gasteiger partial charge in [-0.1, -0.05) is 5.16 Å². The molecule has 1 amide bonds. The van der Waals surface area contributed by atoms with Crippen LogP contribution in [0.3, 0.4) is 0 Å². The van der Waals surface area contributed by atoms with Gasteiger partial charge in [0.1, 0.15) is 0 Å². The van der Waals surface area contributed by atoms with Crippen molar-refractivity contribution in [3.05, 3.63) is 24.1 Å². The maximum absolute atomic E-state index is 10.7. The second kappa shape index (κ2) is 5.88. The largest absolute Gasteiger partial charge is 0.454 e. The molecular formula is C15H16N4O4. The molecule has 1 saturated heterocycles. The molecule has 0 spiro atoms. The van der Waals surface area contributed by atoms with Gasteiger partial charge >= 0.3 is 0 Å². The molecule has 0 unspecified atom stereocenters. The van der Waals surface area contributed by atoms with Gasteiger partial charge < -0.3 is 18.9 Å². The smallest absolute Gasteiger partial charge is 0.241 e. The number of amides is 1. The number of ether oxygens (including phenoxy) is 2. The summed E-state index contributed by atoms with van der Waals surface area (Å²) in [5.74, 6) is 2.52. The van der Waals surface area contributed by atoms with Crippen molar-refractivity contribution >= 4 is 6.41 Å². The van der Waals surface area contributed by atoms with E-state index in [1.807, 2.05) is 18.2 Å². The van der Waals surface area contributed by atoms with Crippen LogP contribution >= 0.6 is 0 Å². The molecule has 1 fully saturated rings. The number of benzene rings is 1. The van der Waals surface area contributed by atoms with E-state index in [0.717, 1.165) is 43.9 Å². The molecule has 120 valence electrons. The van der Waals surface area contributed by atoms with E-state index in [2.05, 4.69) is 15.0 Å². The fourth-order valence-electron chi connectivity index (χ4n) is 2.69. The molecule has 8 heteroatoms. The number of aromatic nitrogens is 2. The van der Waals surface area contributed by atoms with Gasteiger partial charge in [-0.15, -0.1) is 0 Å². The predicted molar refractivity (Wildman–Crippen MR) is 78.8 cm³/mol. The maximum Gasteiger partial charge on any atom is 0.241 e. The highest BCUT2D eigenvalue weighted by Crippen LogP contribution is 2.35. The summed E-state index contributed by atoms with van der Waals surface area (Å²) >= 11 is 0. The summed E-state index contributed by atoms with van der Waals surface area (Å²) in [4.78, 5) is 19.1. The molecule has 2 aromatic rings. The second-order valence-corrected chi connectivity index (χ2v) is 5.50. The number of carbonyl (C=O) groups excluding carboxylic acids is 1. The van der Waals surface area contributed by atoms with Crippen LogP contribution in [0.25, 0.3) is 11.4 Å². The van der Waals surface area contributed by atoms with Crippen molar-refractivity contribution in [3.63, 3.8) is 0 Å². The van der Waals surface area contributed by atoms with E-state index >= 15 is 0 Å². The highest BCUT2D eigenvalue weighted by atomic mass is 16.7. The van der Waals surface area contributed by atoms with E-state index in [-0.39, 0.29) is 6.79 Å². The summed E-state index contributed by atoms with van der Waals surface area (Å²) in [5.41, 5.74) is 0.829. The molecule has 0 atom stereocenters. The third kappa shape index (κ3) is 2.85. The lowest BCUT2D eigenvalue weighted by Gasteiger charge is -2.31. The van der Waals surface area contributed by atoms with Gasteiger partial charge in [-0.05, 0) is 18.2 Å². The number of nitrogens with zero attached hydrogens (tertiary/aromatic N) is 4. The highest BCUT2D eigenvalue weighted by molar-refractivity contribution is 5.61. The molecule has 2 aliphatic rings. The molecule has 8 nitrogen and oxygen atoms in total. The average Bonchev–Trinajstić information content (AvgIpc) is 3.23. The minimum absolute atomic E-state index is 0.239. The van der Waals surface area contributed by atoms with Crippen LogP contribution in [0.5, 0.6) is 11.5 Å². The topological polar surface area (TPSA) is 80.9 Å². The molecular weight excluding hydrogens is 300 g/mol. The Morgan fingerprint density at radius 2 is 1.96 bits per heavy atom. The summed E-state index contributed by atoms with van der Waals surface area (Å²) < 4.78 is 16.0. The molecule has 1 aromatic heterocycles. The third-order valence-corrected chi connectivity index (χ3v) is 4.01. The van der Waals surface area contributed by atoms with Crippen molar-refractivity contribution in [2.75, 3.05) is 33.0 Å². The number of fused-ring (bicyclic) bond motifs is 1. The summed E-state index contributed by atoms with van der Waals surface area (Å²) in [6.45, 7) is 3.90. The van der Waals surface area contributed by atoms with Crippen LogP contribution in [0.15, 0.2) is 22.7 Å². The molecule has 0 radical (unpaired) electrons. The fourth-order valence-corrected chi connectivity index (χ4v) is 2.69. The Morgan fingerprint density at radius 3 is 2.78 bits per heavy atom. The minimum Gasteiger partial charge on any atom is -0.454 e. The number of hydrogen-bond acceptors (Lipinski definition) is 7. The van der Waals surface area contributed by atoms with Gasteiger partial charge in [0, 0.05) is 31.7 Å². The van der Waals surface area contributed by atoms with Crippen molar-refractivity contribution in [1.82, 2.24) is 19.9 Å². The normalized spacial score (nSPS) is 17.5. The SMILES string of the molecule is O=CN1CCN(Cc2nc(-c3ccc4c(c3)OCO4)no2)CC1.